The molecule has 0 spiro atoms. The summed E-state index contributed by atoms with van der Waals surface area (Å²) >= 11 is 0. The van der Waals surface area contributed by atoms with Gasteiger partial charge in [0.05, 0.1) is 23.9 Å². The molecule has 0 amide bonds. The number of hydrazine groups is 1. The molecule has 0 radical (unpaired) electrons. The highest BCUT2D eigenvalue weighted by molar-refractivity contribution is 5.43. The molecule has 166 valence electrons. The predicted molar refractivity (Wildman–Crippen MR) is 119 cm³/mol. The number of nitrogens with zero attached hydrogens (tertiary/aromatic N) is 6. The van der Waals surface area contributed by atoms with E-state index in [1.54, 1.807) is 18.7 Å². The summed E-state index contributed by atoms with van der Waals surface area (Å²) in [5, 5.41) is 0. The fraction of sp³-hybridized carbons (Fsp3) is 0.636. The van der Waals surface area contributed by atoms with Crippen molar-refractivity contribution in [1.82, 2.24) is 30.8 Å². The molecule has 3 fully saturated rings. The number of fused-ring (bicyclic) bond motifs is 1. The summed E-state index contributed by atoms with van der Waals surface area (Å²) in [6.07, 6.45) is 9.21. The first-order chi connectivity index (χ1) is 15.2. The Balaban J connectivity index is 1.25. The van der Waals surface area contributed by atoms with E-state index >= 15 is 0 Å². The van der Waals surface area contributed by atoms with Crippen molar-refractivity contribution >= 4 is 11.8 Å². The summed E-state index contributed by atoms with van der Waals surface area (Å²) < 4.78 is 6.14. The van der Waals surface area contributed by atoms with Gasteiger partial charge in [-0.1, -0.05) is 0 Å². The lowest BCUT2D eigenvalue weighted by atomic mass is 9.79. The molecular weight excluding hydrogens is 392 g/mol. The number of rotatable bonds is 5. The zero-order valence-electron chi connectivity index (χ0n) is 18.3. The maximum Gasteiger partial charge on any atom is 0.225 e. The van der Waals surface area contributed by atoms with Crippen LogP contribution in [0.3, 0.4) is 0 Å². The molecule has 1 aliphatic carbocycles. The number of hydrogen-bond acceptors (Lipinski definition) is 9. The number of ether oxygens (including phenoxy) is 1. The van der Waals surface area contributed by atoms with Crippen molar-refractivity contribution in [2.75, 3.05) is 36.0 Å². The van der Waals surface area contributed by atoms with Crippen LogP contribution in [-0.2, 0) is 4.74 Å². The van der Waals surface area contributed by atoms with Gasteiger partial charge in [-0.05, 0) is 39.2 Å². The summed E-state index contributed by atoms with van der Waals surface area (Å²) in [5.74, 6) is 2.27. The number of aromatic nitrogens is 4. The minimum absolute atomic E-state index is 0.185. The summed E-state index contributed by atoms with van der Waals surface area (Å²) in [5.41, 5.74) is 8.07. The van der Waals surface area contributed by atoms with Crippen LogP contribution in [0.5, 0.6) is 0 Å². The third-order valence-corrected chi connectivity index (χ3v) is 6.60. The van der Waals surface area contributed by atoms with Gasteiger partial charge in [-0.2, -0.15) is 0 Å². The molecule has 4 unspecified atom stereocenters. The van der Waals surface area contributed by atoms with Crippen molar-refractivity contribution in [1.29, 1.82) is 0 Å². The smallest absolute Gasteiger partial charge is 0.225 e. The van der Waals surface area contributed by atoms with Crippen LogP contribution >= 0.6 is 0 Å². The van der Waals surface area contributed by atoms with Crippen LogP contribution in [0.4, 0.5) is 11.8 Å². The monoisotopic (exact) mass is 424 g/mol. The minimum atomic E-state index is 0.185. The molecule has 5 rings (SSSR count). The summed E-state index contributed by atoms with van der Waals surface area (Å²) in [7, 11) is 0. The van der Waals surface area contributed by atoms with E-state index in [0.717, 1.165) is 62.9 Å². The Labute approximate surface area is 183 Å². The van der Waals surface area contributed by atoms with E-state index in [1.165, 1.54) is 0 Å². The van der Waals surface area contributed by atoms with Crippen molar-refractivity contribution in [2.24, 2.45) is 5.92 Å². The molecule has 0 bridgehead atoms. The molecule has 9 heteroatoms. The van der Waals surface area contributed by atoms with Crippen molar-refractivity contribution in [3.8, 4) is 0 Å². The molecule has 31 heavy (non-hydrogen) atoms. The molecule has 4 atom stereocenters. The summed E-state index contributed by atoms with van der Waals surface area (Å²) in [6, 6.07) is 4.67. The van der Waals surface area contributed by atoms with Gasteiger partial charge >= 0.3 is 0 Å². The molecule has 3 aliphatic rings. The lowest BCUT2D eigenvalue weighted by molar-refractivity contribution is -0.0276. The largest absolute Gasteiger partial charge is 0.376 e. The average molecular weight is 425 g/mol. The van der Waals surface area contributed by atoms with Gasteiger partial charge < -0.3 is 14.5 Å². The topological polar surface area (TPSA) is 91.3 Å². The number of nitrogens with one attached hydrogen (secondary N) is 2. The highest BCUT2D eigenvalue weighted by Crippen LogP contribution is 2.39. The number of anilines is 2. The maximum absolute atomic E-state index is 6.14. The normalized spacial score (nSPS) is 28.7. The number of hydrogen-bond donors (Lipinski definition) is 2. The number of piperazine rings is 1. The summed E-state index contributed by atoms with van der Waals surface area (Å²) in [4.78, 5) is 22.5. The van der Waals surface area contributed by atoms with Gasteiger partial charge in [0.2, 0.25) is 5.95 Å². The van der Waals surface area contributed by atoms with Gasteiger partial charge in [-0.15, -0.1) is 0 Å². The first-order valence-corrected chi connectivity index (χ1v) is 11.4. The average Bonchev–Trinajstić information content (AvgIpc) is 3.23. The van der Waals surface area contributed by atoms with Crippen LogP contribution in [-0.4, -0.2) is 64.4 Å². The minimum Gasteiger partial charge on any atom is -0.376 e. The Morgan fingerprint density at radius 2 is 1.74 bits per heavy atom. The van der Waals surface area contributed by atoms with E-state index in [1.807, 2.05) is 6.07 Å². The van der Waals surface area contributed by atoms with Crippen molar-refractivity contribution < 1.29 is 4.74 Å². The second kappa shape index (κ2) is 9.02. The Bertz CT molecular complexity index is 858. The van der Waals surface area contributed by atoms with Gasteiger partial charge in [0.25, 0.3) is 0 Å². The maximum atomic E-state index is 6.14. The van der Waals surface area contributed by atoms with Gasteiger partial charge in [-0.25, -0.2) is 25.4 Å². The molecule has 2 aromatic heterocycles. The van der Waals surface area contributed by atoms with Crippen LogP contribution in [0.15, 0.2) is 30.9 Å². The van der Waals surface area contributed by atoms with E-state index < -0.39 is 0 Å². The van der Waals surface area contributed by atoms with Crippen molar-refractivity contribution in [2.45, 2.75) is 57.4 Å². The zero-order valence-corrected chi connectivity index (χ0v) is 18.3. The quantitative estimate of drug-likeness (QED) is 0.744. The fourth-order valence-electron chi connectivity index (χ4n) is 5.11. The lowest BCUT2D eigenvalue weighted by Gasteiger charge is -2.36. The van der Waals surface area contributed by atoms with E-state index in [4.69, 9.17) is 4.74 Å². The van der Waals surface area contributed by atoms with Crippen LogP contribution in [0.1, 0.15) is 44.8 Å². The molecule has 9 nitrogen and oxygen atoms in total. The van der Waals surface area contributed by atoms with Crippen LogP contribution < -0.4 is 20.7 Å². The Kier molecular flexibility index (Phi) is 5.97. The van der Waals surface area contributed by atoms with E-state index in [0.29, 0.717) is 18.1 Å². The molecule has 2 N–H and O–H groups in total. The highest BCUT2D eigenvalue weighted by Gasteiger charge is 2.42. The predicted octanol–water partition coefficient (Wildman–Crippen LogP) is 1.70. The highest BCUT2D eigenvalue weighted by atomic mass is 16.5. The molecule has 1 saturated carbocycles. The lowest BCUT2D eigenvalue weighted by Crippen LogP contribution is -2.47. The van der Waals surface area contributed by atoms with E-state index in [-0.39, 0.29) is 12.1 Å². The standard InChI is InChI=1S/C22H32N8O/c1-15(2)31-16-4-5-18-17(12-16)21(28-27-18)19-13-20(26-14-25-19)29-8-10-30(11-9-29)22-23-6-3-7-24-22/h3,6-7,13-18,21,27-28H,4-5,8-12H2,1-2H3. The van der Waals surface area contributed by atoms with Crippen molar-refractivity contribution in [3.05, 3.63) is 36.5 Å². The van der Waals surface area contributed by atoms with Gasteiger partial charge in [0.1, 0.15) is 12.1 Å². The Morgan fingerprint density at radius 3 is 2.52 bits per heavy atom. The molecule has 2 aromatic rings. The molecule has 0 aromatic carbocycles. The fourth-order valence-corrected chi connectivity index (χ4v) is 5.11. The van der Waals surface area contributed by atoms with Gasteiger partial charge in [0, 0.05) is 56.6 Å². The van der Waals surface area contributed by atoms with Crippen LogP contribution in [0.2, 0.25) is 0 Å². The van der Waals surface area contributed by atoms with Gasteiger partial charge in [-0.3, -0.25) is 5.43 Å². The first-order valence-electron chi connectivity index (χ1n) is 11.4. The van der Waals surface area contributed by atoms with Gasteiger partial charge in [0.15, 0.2) is 0 Å². The SMILES string of the molecule is CC(C)OC1CCC2NNC(c3cc(N4CCN(c5ncccn5)CC4)ncn3)C2C1. The Hall–Kier alpha value is -2.36. The third-order valence-electron chi connectivity index (χ3n) is 6.60. The molecular formula is C22H32N8O. The Morgan fingerprint density at radius 1 is 0.968 bits per heavy atom. The zero-order chi connectivity index (χ0) is 21.2. The van der Waals surface area contributed by atoms with Crippen LogP contribution in [0, 0.1) is 5.92 Å². The third kappa shape index (κ3) is 4.49. The molecule has 2 aliphatic heterocycles. The van der Waals surface area contributed by atoms with Crippen molar-refractivity contribution in [3.63, 3.8) is 0 Å². The van der Waals surface area contributed by atoms with E-state index in [2.05, 4.69) is 60.5 Å². The molecule has 2 saturated heterocycles. The summed E-state index contributed by atoms with van der Waals surface area (Å²) in [6.45, 7) is 7.78. The van der Waals surface area contributed by atoms with E-state index in [9.17, 15) is 0 Å². The van der Waals surface area contributed by atoms with Crippen LogP contribution in [0.25, 0.3) is 0 Å². The molecule has 4 heterocycles. The second-order valence-electron chi connectivity index (χ2n) is 8.98. The second-order valence-corrected chi connectivity index (χ2v) is 8.98. The first kappa shape index (κ1) is 20.5.